The molecule has 0 atom stereocenters. The van der Waals surface area contributed by atoms with Gasteiger partial charge < -0.3 is 5.32 Å². The lowest BCUT2D eigenvalue weighted by Gasteiger charge is -2.11. The van der Waals surface area contributed by atoms with Crippen LogP contribution in [0, 0.1) is 0 Å². The van der Waals surface area contributed by atoms with Gasteiger partial charge in [0, 0.05) is 28.5 Å². The van der Waals surface area contributed by atoms with Crippen molar-refractivity contribution in [3.63, 3.8) is 0 Å². The molecule has 0 aliphatic carbocycles. The monoisotopic (exact) mass is 383 g/mol. The lowest BCUT2D eigenvalue weighted by molar-refractivity contribution is -0.113. The largest absolute Gasteiger partial charge is 0.325 e. The number of ketones is 1. The summed E-state index contributed by atoms with van der Waals surface area (Å²) in [6.07, 6.45) is 3.23. The highest BCUT2D eigenvalue weighted by molar-refractivity contribution is 7.99. The normalized spacial score (nSPS) is 10.3. The molecule has 3 aromatic rings. The molecule has 0 fully saturated rings. The van der Waals surface area contributed by atoms with Gasteiger partial charge in [-0.1, -0.05) is 53.7 Å². The summed E-state index contributed by atoms with van der Waals surface area (Å²) in [5.74, 6) is -0.333. The van der Waals surface area contributed by atoms with Crippen LogP contribution >= 0.6 is 23.4 Å². The fourth-order valence-corrected chi connectivity index (χ4v) is 3.01. The van der Waals surface area contributed by atoms with E-state index < -0.39 is 0 Å². The zero-order chi connectivity index (χ0) is 18.4. The van der Waals surface area contributed by atoms with Crippen LogP contribution in [0.15, 0.2) is 72.1 Å². The Bertz CT molecular complexity index is 921. The Labute approximate surface area is 159 Å². The molecule has 7 heteroatoms. The Balaban J connectivity index is 1.75. The number of halogens is 1. The first-order chi connectivity index (χ1) is 12.6. The average molecular weight is 384 g/mol. The molecular weight excluding hydrogens is 370 g/mol. The highest BCUT2D eigenvalue weighted by Crippen LogP contribution is 2.24. The van der Waals surface area contributed by atoms with Gasteiger partial charge in [0.05, 0.1) is 11.4 Å². The van der Waals surface area contributed by atoms with E-state index in [4.69, 9.17) is 11.6 Å². The van der Waals surface area contributed by atoms with E-state index in [-0.39, 0.29) is 17.4 Å². The molecule has 0 saturated heterocycles. The number of amides is 1. The van der Waals surface area contributed by atoms with E-state index >= 15 is 0 Å². The van der Waals surface area contributed by atoms with Gasteiger partial charge in [0.25, 0.3) is 0 Å². The Hall–Kier alpha value is -2.70. The van der Waals surface area contributed by atoms with Gasteiger partial charge in [-0.2, -0.15) is 0 Å². The summed E-state index contributed by atoms with van der Waals surface area (Å²) < 4.78 is 0. The van der Waals surface area contributed by atoms with Crippen molar-refractivity contribution >= 4 is 40.7 Å². The number of nitrogens with one attached hydrogen (secondary N) is 1. The molecule has 1 heterocycles. The van der Waals surface area contributed by atoms with Crippen molar-refractivity contribution in [2.45, 2.75) is 5.16 Å². The Morgan fingerprint density at radius 3 is 2.46 bits per heavy atom. The summed E-state index contributed by atoms with van der Waals surface area (Å²) in [6.45, 7) is 0. The third kappa shape index (κ3) is 4.68. The molecule has 1 N–H and O–H groups in total. The topological polar surface area (TPSA) is 72.0 Å². The van der Waals surface area contributed by atoms with Crippen LogP contribution in [0.5, 0.6) is 0 Å². The first-order valence-corrected chi connectivity index (χ1v) is 9.09. The van der Waals surface area contributed by atoms with Gasteiger partial charge in [0.1, 0.15) is 0 Å². The Morgan fingerprint density at radius 2 is 1.73 bits per heavy atom. The van der Waals surface area contributed by atoms with Crippen LogP contribution in [-0.2, 0) is 4.79 Å². The van der Waals surface area contributed by atoms with E-state index in [1.54, 1.807) is 60.9 Å². The van der Waals surface area contributed by atoms with Crippen LogP contribution in [0.4, 0.5) is 5.69 Å². The molecule has 1 amide bonds. The molecular formula is C19H14ClN3O2S. The second-order valence-corrected chi connectivity index (χ2v) is 6.63. The Morgan fingerprint density at radius 1 is 1.00 bits per heavy atom. The summed E-state index contributed by atoms with van der Waals surface area (Å²) in [4.78, 5) is 33.1. The van der Waals surface area contributed by atoms with Crippen molar-refractivity contribution in [1.82, 2.24) is 9.97 Å². The van der Waals surface area contributed by atoms with Crippen LogP contribution in [0.1, 0.15) is 15.9 Å². The van der Waals surface area contributed by atoms with E-state index in [9.17, 15) is 9.59 Å². The predicted molar refractivity (Wildman–Crippen MR) is 103 cm³/mol. The average Bonchev–Trinajstić information content (AvgIpc) is 2.69. The molecule has 0 unspecified atom stereocenters. The SMILES string of the molecule is O=C(CSc1ncccn1)Nc1ccc(Cl)cc1C(=O)c1ccccc1. The summed E-state index contributed by atoms with van der Waals surface area (Å²) in [5, 5.41) is 3.70. The van der Waals surface area contributed by atoms with Crippen molar-refractivity contribution in [2.24, 2.45) is 0 Å². The highest BCUT2D eigenvalue weighted by atomic mass is 35.5. The molecule has 3 rings (SSSR count). The van der Waals surface area contributed by atoms with Crippen molar-refractivity contribution in [3.05, 3.63) is 83.1 Å². The summed E-state index contributed by atoms with van der Waals surface area (Å²) >= 11 is 7.26. The second kappa shape index (κ2) is 8.60. The molecule has 2 aromatic carbocycles. The number of nitrogens with zero attached hydrogens (tertiary/aromatic N) is 2. The third-order valence-electron chi connectivity index (χ3n) is 3.41. The van der Waals surface area contributed by atoms with Crippen LogP contribution < -0.4 is 5.32 Å². The third-order valence-corrected chi connectivity index (χ3v) is 4.52. The van der Waals surface area contributed by atoms with Crippen molar-refractivity contribution in [3.8, 4) is 0 Å². The van der Waals surface area contributed by atoms with Gasteiger partial charge in [0.15, 0.2) is 10.9 Å². The molecule has 5 nitrogen and oxygen atoms in total. The first kappa shape index (κ1) is 18.1. The lowest BCUT2D eigenvalue weighted by atomic mass is 10.0. The van der Waals surface area contributed by atoms with Crippen LogP contribution in [0.3, 0.4) is 0 Å². The van der Waals surface area contributed by atoms with Crippen LogP contribution in [-0.4, -0.2) is 27.4 Å². The highest BCUT2D eigenvalue weighted by Gasteiger charge is 2.16. The van der Waals surface area contributed by atoms with Crippen molar-refractivity contribution < 1.29 is 9.59 Å². The van der Waals surface area contributed by atoms with Gasteiger partial charge in [0.2, 0.25) is 5.91 Å². The van der Waals surface area contributed by atoms with E-state index in [0.717, 1.165) is 0 Å². The number of hydrogen-bond donors (Lipinski definition) is 1. The number of carbonyl (C=O) groups is 2. The molecule has 0 aliphatic heterocycles. The number of rotatable bonds is 6. The minimum Gasteiger partial charge on any atom is -0.325 e. The number of benzene rings is 2. The molecule has 26 heavy (non-hydrogen) atoms. The van der Waals surface area contributed by atoms with Crippen molar-refractivity contribution in [1.29, 1.82) is 0 Å². The number of hydrogen-bond acceptors (Lipinski definition) is 5. The van der Waals surface area contributed by atoms with E-state index in [1.165, 1.54) is 11.8 Å². The minimum absolute atomic E-state index is 0.131. The van der Waals surface area contributed by atoms with E-state index in [2.05, 4.69) is 15.3 Å². The fourth-order valence-electron chi connectivity index (χ4n) is 2.23. The maximum absolute atomic E-state index is 12.7. The van der Waals surface area contributed by atoms with Gasteiger partial charge in [-0.15, -0.1) is 0 Å². The summed E-state index contributed by atoms with van der Waals surface area (Å²) in [5.41, 5.74) is 1.29. The maximum Gasteiger partial charge on any atom is 0.234 e. The number of thioether (sulfide) groups is 1. The van der Waals surface area contributed by atoms with Crippen LogP contribution in [0.25, 0.3) is 0 Å². The number of anilines is 1. The predicted octanol–water partition coefficient (Wildman–Crippen LogP) is 4.09. The van der Waals surface area contributed by atoms with Gasteiger partial charge in [-0.3, -0.25) is 9.59 Å². The lowest BCUT2D eigenvalue weighted by Crippen LogP contribution is -2.17. The summed E-state index contributed by atoms with van der Waals surface area (Å²) in [7, 11) is 0. The molecule has 1 aromatic heterocycles. The zero-order valence-electron chi connectivity index (χ0n) is 13.6. The van der Waals surface area contributed by atoms with E-state index in [0.29, 0.717) is 27.0 Å². The maximum atomic E-state index is 12.7. The molecule has 0 saturated carbocycles. The Kier molecular flexibility index (Phi) is 5.99. The zero-order valence-corrected chi connectivity index (χ0v) is 15.1. The fraction of sp³-hybridized carbons (Fsp3) is 0.0526. The number of carbonyl (C=O) groups excluding carboxylic acids is 2. The second-order valence-electron chi connectivity index (χ2n) is 5.25. The van der Waals surface area contributed by atoms with Gasteiger partial charge in [-0.05, 0) is 24.3 Å². The molecule has 130 valence electrons. The summed E-state index contributed by atoms with van der Waals surface area (Å²) in [6, 6.07) is 15.4. The van der Waals surface area contributed by atoms with Crippen molar-refractivity contribution in [2.75, 3.05) is 11.1 Å². The molecule has 0 spiro atoms. The van der Waals surface area contributed by atoms with Crippen LogP contribution in [0.2, 0.25) is 5.02 Å². The molecule has 0 bridgehead atoms. The molecule has 0 radical (unpaired) electrons. The standard InChI is InChI=1S/C19H14ClN3O2S/c20-14-7-8-16(15(11-14)18(25)13-5-2-1-3-6-13)23-17(24)12-26-19-21-9-4-10-22-19/h1-11H,12H2,(H,23,24). The smallest absolute Gasteiger partial charge is 0.234 e. The number of aromatic nitrogens is 2. The van der Waals surface area contributed by atoms with Gasteiger partial charge in [-0.25, -0.2) is 9.97 Å². The minimum atomic E-state index is -0.258. The quantitative estimate of drug-likeness (QED) is 0.394. The first-order valence-electron chi connectivity index (χ1n) is 7.72. The van der Waals surface area contributed by atoms with E-state index in [1.807, 2.05) is 6.07 Å². The van der Waals surface area contributed by atoms with Gasteiger partial charge >= 0.3 is 0 Å². The molecule has 0 aliphatic rings.